The molecule has 4 aliphatic carbocycles. The maximum atomic E-state index is 11.0. The first kappa shape index (κ1) is 26.5. The summed E-state index contributed by atoms with van der Waals surface area (Å²) in [6.45, 7) is 24.2. The Morgan fingerprint density at radius 1 is 0.882 bits per heavy atom. The van der Waals surface area contributed by atoms with Gasteiger partial charge in [0.1, 0.15) is 0 Å². The maximum absolute atomic E-state index is 11.0. The summed E-state index contributed by atoms with van der Waals surface area (Å²) < 4.78 is 0. The van der Waals surface area contributed by atoms with E-state index in [1.807, 2.05) is 0 Å². The molecule has 0 aromatic carbocycles. The van der Waals surface area contributed by atoms with E-state index < -0.39 is 0 Å². The molecule has 2 unspecified atom stereocenters. The molecule has 0 bridgehead atoms. The molecule has 194 valence electrons. The lowest BCUT2D eigenvalue weighted by Gasteiger charge is -2.71. The molecule has 0 radical (unpaired) electrons. The highest BCUT2D eigenvalue weighted by Gasteiger charge is 2.72. The fourth-order valence-electron chi connectivity index (χ4n) is 11.2. The zero-order valence-corrected chi connectivity index (χ0v) is 24.0. The van der Waals surface area contributed by atoms with Gasteiger partial charge in [0.05, 0.1) is 6.10 Å². The maximum Gasteiger partial charge on any atom is 0.0594 e. The van der Waals surface area contributed by atoms with Gasteiger partial charge in [-0.05, 0) is 109 Å². The molecule has 0 aromatic rings. The molecule has 0 aliphatic heterocycles. The topological polar surface area (TPSA) is 20.2 Å². The molecule has 9 atom stereocenters. The van der Waals surface area contributed by atoms with Crippen LogP contribution in [0.4, 0.5) is 0 Å². The molecule has 0 aromatic heterocycles. The summed E-state index contributed by atoms with van der Waals surface area (Å²) in [6, 6.07) is 0. The van der Waals surface area contributed by atoms with Crippen LogP contribution < -0.4 is 0 Å². The zero-order valence-electron chi connectivity index (χ0n) is 24.0. The molecule has 1 nitrogen and oxygen atoms in total. The van der Waals surface area contributed by atoms with Gasteiger partial charge in [-0.3, -0.25) is 0 Å². The van der Waals surface area contributed by atoms with Crippen LogP contribution in [-0.4, -0.2) is 11.2 Å². The van der Waals surface area contributed by atoms with Crippen molar-refractivity contribution in [1.82, 2.24) is 0 Å². The highest BCUT2D eigenvalue weighted by Crippen LogP contribution is 2.79. The van der Waals surface area contributed by atoms with Gasteiger partial charge in [-0.1, -0.05) is 81.2 Å². The third-order valence-electron chi connectivity index (χ3n) is 13.3. The fraction of sp³-hybridized carbons (Fsp3) is 0.909. The third-order valence-corrected chi connectivity index (χ3v) is 13.3. The average molecular weight is 469 g/mol. The van der Waals surface area contributed by atoms with Gasteiger partial charge in [-0.15, -0.1) is 5.73 Å². The highest BCUT2D eigenvalue weighted by atomic mass is 16.3. The van der Waals surface area contributed by atoms with Crippen molar-refractivity contribution in [1.29, 1.82) is 0 Å². The minimum absolute atomic E-state index is 0.0157. The summed E-state index contributed by atoms with van der Waals surface area (Å²) in [6.07, 6.45) is 16.7. The van der Waals surface area contributed by atoms with E-state index in [1.165, 1.54) is 64.2 Å². The second-order valence-corrected chi connectivity index (χ2v) is 15.1. The molecule has 0 amide bonds. The number of allylic oxidation sites excluding steroid dienone is 1. The van der Waals surface area contributed by atoms with Crippen LogP contribution in [0, 0.1) is 56.7 Å². The molecule has 4 fully saturated rings. The van der Waals surface area contributed by atoms with Crippen LogP contribution in [0.5, 0.6) is 0 Å². The van der Waals surface area contributed by atoms with Gasteiger partial charge >= 0.3 is 0 Å². The van der Waals surface area contributed by atoms with Crippen LogP contribution in [0.2, 0.25) is 0 Å². The number of rotatable bonds is 6. The van der Waals surface area contributed by atoms with Crippen molar-refractivity contribution in [3.05, 3.63) is 18.4 Å². The summed E-state index contributed by atoms with van der Waals surface area (Å²) in [5.41, 5.74) is 4.64. The Kier molecular flexibility index (Phi) is 6.87. The van der Waals surface area contributed by atoms with Crippen LogP contribution >= 0.6 is 0 Å². The smallest absolute Gasteiger partial charge is 0.0594 e. The lowest BCUT2D eigenvalue weighted by molar-refractivity contribution is -0.229. The largest absolute Gasteiger partial charge is 0.393 e. The number of aliphatic hydroxyl groups is 1. The summed E-state index contributed by atoms with van der Waals surface area (Å²) in [5, 5.41) is 11.0. The molecular formula is C33H56O. The first-order chi connectivity index (χ1) is 15.8. The van der Waals surface area contributed by atoms with E-state index in [-0.39, 0.29) is 16.9 Å². The van der Waals surface area contributed by atoms with Crippen LogP contribution in [0.25, 0.3) is 0 Å². The molecule has 0 saturated heterocycles. The summed E-state index contributed by atoms with van der Waals surface area (Å²) in [4.78, 5) is 0. The standard InChI is InChI=1S/C33H56O/c1-10-18-33-22-16-26-29(5,6)28(34)17-19-30(26,7)27(33)15-20-31(8)25(14-21-32(31,33)9)24(4)13-11-12-23(2)3/h18,23-28,34H,1,11-17,19-22H2,2-9H3/t24-,25-,26?,27-,28?,30+,31-,32-,33-/m1/s1. The Morgan fingerprint density at radius 3 is 2.21 bits per heavy atom. The zero-order chi connectivity index (χ0) is 25.2. The summed E-state index contributed by atoms with van der Waals surface area (Å²) in [7, 11) is 0. The van der Waals surface area contributed by atoms with Crippen molar-refractivity contribution in [2.24, 2.45) is 56.7 Å². The lowest BCUT2D eigenvalue weighted by Crippen LogP contribution is -2.66. The molecule has 0 heterocycles. The van der Waals surface area contributed by atoms with E-state index in [9.17, 15) is 5.11 Å². The van der Waals surface area contributed by atoms with Gasteiger partial charge in [0.2, 0.25) is 0 Å². The lowest BCUT2D eigenvalue weighted by atomic mass is 9.32. The van der Waals surface area contributed by atoms with Crippen LogP contribution in [0.15, 0.2) is 18.4 Å². The minimum Gasteiger partial charge on any atom is -0.393 e. The van der Waals surface area contributed by atoms with Gasteiger partial charge in [-0.25, -0.2) is 0 Å². The second kappa shape index (κ2) is 8.80. The highest BCUT2D eigenvalue weighted by molar-refractivity contribution is 5.26. The Labute approximate surface area is 212 Å². The predicted octanol–water partition coefficient (Wildman–Crippen LogP) is 9.21. The quantitative estimate of drug-likeness (QED) is 0.385. The fourth-order valence-corrected chi connectivity index (χ4v) is 11.2. The first-order valence-electron chi connectivity index (χ1n) is 14.9. The molecule has 4 rings (SSSR count). The van der Waals surface area contributed by atoms with E-state index >= 15 is 0 Å². The Hall–Kier alpha value is -0.520. The van der Waals surface area contributed by atoms with Crippen LogP contribution in [-0.2, 0) is 0 Å². The SMILES string of the molecule is C=C=C[C@@]12CCC3C(C)(C)C(O)CC[C@]3(C)[C@H]1CC[C@]1(C)[C@@H]([C@H](C)CCCC(C)C)CC[C@]12C. The normalized spacial score (nSPS) is 48.4. The van der Waals surface area contributed by atoms with Crippen LogP contribution in [0.3, 0.4) is 0 Å². The van der Waals surface area contributed by atoms with Gasteiger partial charge in [0.15, 0.2) is 0 Å². The van der Waals surface area contributed by atoms with Gasteiger partial charge < -0.3 is 5.11 Å². The van der Waals surface area contributed by atoms with Crippen molar-refractivity contribution in [3.8, 4) is 0 Å². The average Bonchev–Trinajstić information content (AvgIpc) is 3.03. The molecule has 34 heavy (non-hydrogen) atoms. The van der Waals surface area contributed by atoms with Crippen molar-refractivity contribution < 1.29 is 5.11 Å². The van der Waals surface area contributed by atoms with Crippen molar-refractivity contribution >= 4 is 0 Å². The molecular weight excluding hydrogens is 412 g/mol. The summed E-state index contributed by atoms with van der Waals surface area (Å²) in [5.74, 6) is 3.79. The van der Waals surface area contributed by atoms with Crippen molar-refractivity contribution in [3.63, 3.8) is 0 Å². The number of hydrogen-bond acceptors (Lipinski definition) is 1. The van der Waals surface area contributed by atoms with E-state index in [0.717, 1.165) is 24.2 Å². The van der Waals surface area contributed by atoms with E-state index in [0.29, 0.717) is 28.1 Å². The number of fused-ring (bicyclic) bond motifs is 5. The van der Waals surface area contributed by atoms with Crippen LogP contribution in [0.1, 0.15) is 126 Å². The Balaban J connectivity index is 1.70. The van der Waals surface area contributed by atoms with Crippen molar-refractivity contribution in [2.45, 2.75) is 132 Å². The first-order valence-corrected chi connectivity index (χ1v) is 14.9. The van der Waals surface area contributed by atoms with E-state index in [2.05, 4.69) is 73.8 Å². The number of aliphatic hydroxyl groups excluding tert-OH is 1. The minimum atomic E-state index is -0.153. The molecule has 4 saturated carbocycles. The van der Waals surface area contributed by atoms with Gasteiger partial charge in [0.25, 0.3) is 0 Å². The predicted molar refractivity (Wildman–Crippen MR) is 146 cm³/mol. The molecule has 0 spiro atoms. The Bertz CT molecular complexity index is 803. The second-order valence-electron chi connectivity index (χ2n) is 15.1. The van der Waals surface area contributed by atoms with Gasteiger partial charge in [-0.2, -0.15) is 0 Å². The molecule has 4 aliphatic rings. The molecule has 1 N–H and O–H groups in total. The molecule has 1 heteroatoms. The van der Waals surface area contributed by atoms with E-state index in [4.69, 9.17) is 0 Å². The monoisotopic (exact) mass is 468 g/mol. The van der Waals surface area contributed by atoms with Gasteiger partial charge in [0, 0.05) is 5.41 Å². The summed E-state index contributed by atoms with van der Waals surface area (Å²) >= 11 is 0. The van der Waals surface area contributed by atoms with Crippen molar-refractivity contribution in [2.75, 3.05) is 0 Å². The Morgan fingerprint density at radius 2 is 1.56 bits per heavy atom. The third kappa shape index (κ3) is 3.49. The number of hydrogen-bond donors (Lipinski definition) is 1. The van der Waals surface area contributed by atoms with E-state index in [1.54, 1.807) is 0 Å².